The molecule has 1 N–H and O–H groups in total. The van der Waals surface area contributed by atoms with Gasteiger partial charge in [-0.05, 0) is 70.1 Å². The summed E-state index contributed by atoms with van der Waals surface area (Å²) in [6.45, 7) is 6.63. The average Bonchev–Trinajstić information content (AvgIpc) is 2.86. The predicted octanol–water partition coefficient (Wildman–Crippen LogP) is 6.54. The van der Waals surface area contributed by atoms with Gasteiger partial charge in [0.1, 0.15) is 0 Å². The molecule has 2 aliphatic heterocycles. The van der Waals surface area contributed by atoms with Crippen molar-refractivity contribution in [3.8, 4) is 0 Å². The third kappa shape index (κ3) is 11.4. The molecule has 2 heterocycles. The molecule has 0 aromatic heterocycles. The van der Waals surface area contributed by atoms with Gasteiger partial charge in [0.2, 0.25) is 5.91 Å². The van der Waals surface area contributed by atoms with Crippen LogP contribution in [0.4, 0.5) is 0 Å². The van der Waals surface area contributed by atoms with Crippen LogP contribution in [0.25, 0.3) is 0 Å². The van der Waals surface area contributed by atoms with Crippen LogP contribution in [-0.2, 0) is 11.3 Å². The summed E-state index contributed by atoms with van der Waals surface area (Å²) in [5.74, 6) is 0.243. The Bertz CT molecular complexity index is 650. The zero-order chi connectivity index (χ0) is 23.7. The van der Waals surface area contributed by atoms with E-state index in [2.05, 4.69) is 45.4 Å². The van der Waals surface area contributed by atoms with Gasteiger partial charge in [-0.1, -0.05) is 81.7 Å². The van der Waals surface area contributed by atoms with Crippen molar-refractivity contribution in [3.05, 3.63) is 35.9 Å². The molecule has 0 unspecified atom stereocenters. The second-order valence-corrected chi connectivity index (χ2v) is 10.7. The lowest BCUT2D eigenvalue weighted by Crippen LogP contribution is -2.40. The number of fused-ring (bicyclic) bond motifs is 1. The van der Waals surface area contributed by atoms with Crippen molar-refractivity contribution >= 4 is 5.91 Å². The van der Waals surface area contributed by atoms with Crippen LogP contribution in [0.3, 0.4) is 0 Å². The maximum absolute atomic E-state index is 12.2. The summed E-state index contributed by atoms with van der Waals surface area (Å²) in [5, 5.41) is 3.16. The third-order valence-electron chi connectivity index (χ3n) is 7.83. The van der Waals surface area contributed by atoms with Crippen molar-refractivity contribution in [2.24, 2.45) is 0 Å². The fraction of sp³-hybridized carbons (Fsp3) is 0.767. The lowest BCUT2D eigenvalue weighted by molar-refractivity contribution is -0.121. The van der Waals surface area contributed by atoms with Crippen LogP contribution in [0.1, 0.15) is 108 Å². The van der Waals surface area contributed by atoms with Crippen molar-refractivity contribution < 1.29 is 4.79 Å². The monoisotopic (exact) mass is 469 g/mol. The normalized spacial score (nSPS) is 24.8. The van der Waals surface area contributed by atoms with Gasteiger partial charge >= 0.3 is 0 Å². The fourth-order valence-corrected chi connectivity index (χ4v) is 5.79. The first kappa shape index (κ1) is 27.2. The summed E-state index contributed by atoms with van der Waals surface area (Å²) in [6.07, 6.45) is 20.4. The summed E-state index contributed by atoms with van der Waals surface area (Å²) >= 11 is 0. The van der Waals surface area contributed by atoms with Crippen molar-refractivity contribution in [3.63, 3.8) is 0 Å². The van der Waals surface area contributed by atoms with Gasteiger partial charge in [-0.15, -0.1) is 0 Å². The van der Waals surface area contributed by atoms with Crippen LogP contribution in [0.15, 0.2) is 30.3 Å². The molecule has 2 fully saturated rings. The highest BCUT2D eigenvalue weighted by Gasteiger charge is 2.21. The molecule has 0 bridgehead atoms. The molecule has 0 radical (unpaired) electrons. The van der Waals surface area contributed by atoms with E-state index in [0.29, 0.717) is 6.42 Å². The number of carbonyl (C=O) groups is 1. The van der Waals surface area contributed by atoms with Crippen LogP contribution >= 0.6 is 0 Å². The molecule has 0 saturated carbocycles. The Hall–Kier alpha value is -1.39. The highest BCUT2D eigenvalue weighted by atomic mass is 16.1. The van der Waals surface area contributed by atoms with Crippen LogP contribution in [0.5, 0.6) is 0 Å². The van der Waals surface area contributed by atoms with Crippen molar-refractivity contribution in [2.75, 3.05) is 32.7 Å². The van der Waals surface area contributed by atoms with E-state index >= 15 is 0 Å². The summed E-state index contributed by atoms with van der Waals surface area (Å²) in [7, 11) is 0. The second-order valence-electron chi connectivity index (χ2n) is 10.7. The van der Waals surface area contributed by atoms with Crippen LogP contribution in [0, 0.1) is 0 Å². The van der Waals surface area contributed by atoms with E-state index in [1.165, 1.54) is 102 Å². The Morgan fingerprint density at radius 3 is 2.03 bits per heavy atom. The van der Waals surface area contributed by atoms with Gasteiger partial charge in [0, 0.05) is 32.1 Å². The van der Waals surface area contributed by atoms with E-state index in [0.717, 1.165) is 45.1 Å². The first-order valence-electron chi connectivity index (χ1n) is 14.6. The third-order valence-corrected chi connectivity index (χ3v) is 7.83. The molecule has 1 atom stereocenters. The summed E-state index contributed by atoms with van der Waals surface area (Å²) in [5.41, 5.74) is 1.39. The number of hydrogen-bond acceptors (Lipinski definition) is 3. The van der Waals surface area contributed by atoms with Crippen molar-refractivity contribution in [1.29, 1.82) is 0 Å². The van der Waals surface area contributed by atoms with Gasteiger partial charge in [-0.3, -0.25) is 9.69 Å². The molecular weight excluding hydrogens is 418 g/mol. The zero-order valence-electron chi connectivity index (χ0n) is 21.8. The molecule has 2 saturated heterocycles. The Kier molecular flexibility index (Phi) is 13.7. The molecule has 1 aromatic rings. The van der Waals surface area contributed by atoms with Gasteiger partial charge in [0.05, 0.1) is 0 Å². The Balaban J connectivity index is 1.50. The smallest absolute Gasteiger partial charge is 0.219 e. The first-order chi connectivity index (χ1) is 16.8. The summed E-state index contributed by atoms with van der Waals surface area (Å²) in [6, 6.07) is 11.7. The molecule has 4 heteroatoms. The zero-order valence-corrected chi connectivity index (χ0v) is 21.8. The van der Waals surface area contributed by atoms with E-state index < -0.39 is 0 Å². The SMILES string of the molecule is O=C1CCCCCCCCCC[C@@H]2CCCCN2CCCCN(Cc2ccccc2)CCCN1. The van der Waals surface area contributed by atoms with Crippen LogP contribution < -0.4 is 5.32 Å². The maximum atomic E-state index is 12.2. The Morgan fingerprint density at radius 1 is 0.676 bits per heavy atom. The maximum Gasteiger partial charge on any atom is 0.219 e. The number of nitrogens with one attached hydrogen (secondary N) is 1. The molecule has 0 spiro atoms. The minimum absolute atomic E-state index is 0.243. The Labute approximate surface area is 209 Å². The quantitative estimate of drug-likeness (QED) is 0.534. The summed E-state index contributed by atoms with van der Waals surface area (Å²) < 4.78 is 0. The van der Waals surface area contributed by atoms with E-state index in [1.807, 2.05) is 0 Å². The van der Waals surface area contributed by atoms with Gasteiger partial charge < -0.3 is 10.2 Å². The molecule has 0 aliphatic carbocycles. The average molecular weight is 470 g/mol. The molecule has 2 aliphatic rings. The van der Waals surface area contributed by atoms with E-state index in [9.17, 15) is 4.79 Å². The van der Waals surface area contributed by atoms with Gasteiger partial charge in [-0.2, -0.15) is 0 Å². The molecule has 3 rings (SSSR count). The topological polar surface area (TPSA) is 35.6 Å². The summed E-state index contributed by atoms with van der Waals surface area (Å²) in [4.78, 5) is 17.6. The first-order valence-corrected chi connectivity index (χ1v) is 14.6. The van der Waals surface area contributed by atoms with Gasteiger partial charge in [0.25, 0.3) is 0 Å². The number of carbonyl (C=O) groups excluding carboxylic acids is 1. The molecular formula is C30H51N3O. The van der Waals surface area contributed by atoms with E-state index in [4.69, 9.17) is 0 Å². The minimum Gasteiger partial charge on any atom is -0.356 e. The number of hydrogen-bond donors (Lipinski definition) is 1. The lowest BCUT2D eigenvalue weighted by atomic mass is 9.96. The minimum atomic E-state index is 0.243. The molecule has 4 nitrogen and oxygen atoms in total. The van der Waals surface area contributed by atoms with Crippen molar-refractivity contribution in [1.82, 2.24) is 15.1 Å². The standard InChI is InChI=1S/C30H51N3O/c34-30-21-11-6-4-2-1-3-5-10-19-29-20-12-13-25-33(29)26-15-14-23-32(24-16-22-31-30)27-28-17-8-7-9-18-28/h7-9,17-18,29H,1-6,10-16,19-27H2,(H,31,34)/t29-/m1/s1. The van der Waals surface area contributed by atoms with Gasteiger partial charge in [0.15, 0.2) is 0 Å². The highest BCUT2D eigenvalue weighted by molar-refractivity contribution is 5.75. The molecule has 34 heavy (non-hydrogen) atoms. The van der Waals surface area contributed by atoms with E-state index in [-0.39, 0.29) is 5.91 Å². The number of nitrogens with zero attached hydrogens (tertiary/aromatic N) is 2. The molecule has 1 aromatic carbocycles. The van der Waals surface area contributed by atoms with Gasteiger partial charge in [-0.25, -0.2) is 0 Å². The van der Waals surface area contributed by atoms with Crippen LogP contribution in [-0.4, -0.2) is 54.5 Å². The number of amides is 1. The number of rotatable bonds is 2. The fourth-order valence-electron chi connectivity index (χ4n) is 5.79. The van der Waals surface area contributed by atoms with Crippen LogP contribution in [0.2, 0.25) is 0 Å². The van der Waals surface area contributed by atoms with Crippen molar-refractivity contribution in [2.45, 2.75) is 115 Å². The highest BCUT2D eigenvalue weighted by Crippen LogP contribution is 2.23. The number of piperidine rings is 1. The Morgan fingerprint density at radius 2 is 1.26 bits per heavy atom. The second kappa shape index (κ2) is 17.1. The lowest BCUT2D eigenvalue weighted by Gasteiger charge is -2.36. The molecule has 1 amide bonds. The molecule has 192 valence electrons. The number of benzene rings is 1. The van der Waals surface area contributed by atoms with E-state index in [1.54, 1.807) is 0 Å². The largest absolute Gasteiger partial charge is 0.356 e. The predicted molar refractivity (Wildman–Crippen MR) is 144 cm³/mol.